The van der Waals surface area contributed by atoms with E-state index >= 15 is 0 Å². The summed E-state index contributed by atoms with van der Waals surface area (Å²) in [6.45, 7) is 5.40. The first-order valence-electron chi connectivity index (χ1n) is 4.15. The van der Waals surface area contributed by atoms with E-state index in [-0.39, 0.29) is 11.8 Å². The second-order valence-corrected chi connectivity index (χ2v) is 2.76. The average Bonchev–Trinajstić information content (AvgIpc) is 2.29. The van der Waals surface area contributed by atoms with Crippen LogP contribution in [0.3, 0.4) is 0 Å². The molecule has 2 heteroatoms. The van der Waals surface area contributed by atoms with Crippen LogP contribution in [0.4, 0.5) is 0 Å². The first kappa shape index (κ1) is 9.52. The highest BCUT2D eigenvalue weighted by Gasteiger charge is 2.03. The van der Waals surface area contributed by atoms with Crippen molar-refractivity contribution >= 4 is 6.72 Å². The first-order valence-corrected chi connectivity index (χ1v) is 4.15. The van der Waals surface area contributed by atoms with Crippen molar-refractivity contribution in [1.82, 2.24) is 0 Å². The van der Waals surface area contributed by atoms with Gasteiger partial charge in [-0.05, 0) is 37.4 Å². The summed E-state index contributed by atoms with van der Waals surface area (Å²) in [5.41, 5.74) is 1.03. The Labute approximate surface area is 78.3 Å². The second-order valence-electron chi connectivity index (χ2n) is 2.76. The molecule has 2 nitrogen and oxygen atoms in total. The molecule has 0 radical (unpaired) electrons. The minimum absolute atomic E-state index is 0.138. The summed E-state index contributed by atoms with van der Waals surface area (Å²) in [4.78, 5) is 3.85. The molecular formula is C11H13NO. The summed E-state index contributed by atoms with van der Waals surface area (Å²) in [6.07, 6.45) is 11.0. The van der Waals surface area contributed by atoms with Gasteiger partial charge in [0.15, 0.2) is 0 Å². The number of allylic oxidation sites excluding steroid dienone is 5. The molecule has 0 aliphatic heterocycles. The van der Waals surface area contributed by atoms with Gasteiger partial charge in [0.1, 0.15) is 5.76 Å². The van der Waals surface area contributed by atoms with Crippen molar-refractivity contribution in [3.05, 3.63) is 47.8 Å². The quantitative estimate of drug-likeness (QED) is 0.643. The van der Waals surface area contributed by atoms with Crippen LogP contribution in [0.5, 0.6) is 0 Å². The predicted octanol–water partition coefficient (Wildman–Crippen LogP) is 2.57. The number of aliphatic hydroxyl groups is 1. The molecule has 0 heterocycles. The average molecular weight is 175 g/mol. The second kappa shape index (κ2) is 4.45. The summed E-state index contributed by atoms with van der Waals surface area (Å²) < 4.78 is 0. The van der Waals surface area contributed by atoms with E-state index in [1.54, 1.807) is 12.2 Å². The molecule has 0 amide bonds. The van der Waals surface area contributed by atoms with Crippen molar-refractivity contribution in [1.29, 1.82) is 0 Å². The molecule has 0 spiro atoms. The molecule has 1 unspecified atom stereocenters. The van der Waals surface area contributed by atoms with Crippen LogP contribution >= 0.6 is 0 Å². The topological polar surface area (TPSA) is 32.6 Å². The summed E-state index contributed by atoms with van der Waals surface area (Å²) in [7, 11) is 0. The molecule has 0 aromatic rings. The Morgan fingerprint density at radius 2 is 2.23 bits per heavy atom. The number of hydrogen-bond acceptors (Lipinski definition) is 2. The van der Waals surface area contributed by atoms with Gasteiger partial charge in [-0.1, -0.05) is 18.2 Å². The summed E-state index contributed by atoms with van der Waals surface area (Å²) in [5, 5.41) is 9.31. The fourth-order valence-corrected chi connectivity index (χ4v) is 1.12. The van der Waals surface area contributed by atoms with E-state index in [0.29, 0.717) is 0 Å². The van der Waals surface area contributed by atoms with Gasteiger partial charge in [-0.25, -0.2) is 0 Å². The molecule has 0 bridgehead atoms. The normalized spacial score (nSPS) is 22.4. The Morgan fingerprint density at radius 1 is 1.46 bits per heavy atom. The molecule has 0 aromatic carbocycles. The highest BCUT2D eigenvalue weighted by Crippen LogP contribution is 2.12. The fourth-order valence-electron chi connectivity index (χ4n) is 1.12. The van der Waals surface area contributed by atoms with Gasteiger partial charge < -0.3 is 5.11 Å². The molecule has 1 atom stereocenters. The van der Waals surface area contributed by atoms with Gasteiger partial charge in [-0.2, -0.15) is 0 Å². The van der Waals surface area contributed by atoms with Crippen molar-refractivity contribution in [3.8, 4) is 0 Å². The van der Waals surface area contributed by atoms with Gasteiger partial charge in [0.2, 0.25) is 0 Å². The van der Waals surface area contributed by atoms with E-state index in [0.717, 1.165) is 5.57 Å². The van der Waals surface area contributed by atoms with Crippen LogP contribution in [0.2, 0.25) is 0 Å². The van der Waals surface area contributed by atoms with E-state index in [1.165, 1.54) is 0 Å². The smallest absolute Gasteiger partial charge is 0.114 e. The zero-order chi connectivity index (χ0) is 9.68. The van der Waals surface area contributed by atoms with Crippen molar-refractivity contribution in [2.24, 2.45) is 4.99 Å². The van der Waals surface area contributed by atoms with Crippen LogP contribution in [0, 0.1) is 0 Å². The third-order valence-corrected chi connectivity index (χ3v) is 1.72. The molecule has 1 aliphatic carbocycles. The zero-order valence-corrected chi connectivity index (χ0v) is 7.64. The fraction of sp³-hybridized carbons (Fsp3) is 0.182. The molecule has 1 rings (SSSR count). The number of rotatable bonds is 2. The van der Waals surface area contributed by atoms with Crippen molar-refractivity contribution in [3.63, 3.8) is 0 Å². The van der Waals surface area contributed by atoms with Crippen molar-refractivity contribution in [2.45, 2.75) is 13.0 Å². The molecule has 1 aliphatic rings. The van der Waals surface area contributed by atoms with E-state index in [1.807, 2.05) is 31.2 Å². The maximum absolute atomic E-state index is 9.31. The Bertz CT molecular complexity index is 308. The van der Waals surface area contributed by atoms with Gasteiger partial charge in [-0.15, -0.1) is 0 Å². The van der Waals surface area contributed by atoms with Crippen LogP contribution in [0.1, 0.15) is 6.92 Å². The molecule has 0 aromatic heterocycles. The third kappa shape index (κ3) is 2.75. The molecule has 0 fully saturated rings. The molecule has 0 saturated heterocycles. The number of hydrogen-bond donors (Lipinski definition) is 1. The van der Waals surface area contributed by atoms with Crippen LogP contribution in [0.25, 0.3) is 0 Å². The van der Waals surface area contributed by atoms with Crippen molar-refractivity contribution in [2.75, 3.05) is 0 Å². The van der Waals surface area contributed by atoms with E-state index in [4.69, 9.17) is 0 Å². The minimum Gasteiger partial charge on any atom is -0.508 e. The Morgan fingerprint density at radius 3 is 2.85 bits per heavy atom. The van der Waals surface area contributed by atoms with Crippen LogP contribution < -0.4 is 0 Å². The zero-order valence-electron chi connectivity index (χ0n) is 7.64. The molecule has 0 saturated carbocycles. The summed E-state index contributed by atoms with van der Waals surface area (Å²) in [6, 6.07) is -0.138. The minimum atomic E-state index is -0.138. The molecular weight excluding hydrogens is 162 g/mol. The van der Waals surface area contributed by atoms with Gasteiger partial charge in [0.25, 0.3) is 0 Å². The molecule has 68 valence electrons. The number of aliphatic imine (C=N–C) groups is 1. The summed E-state index contributed by atoms with van der Waals surface area (Å²) in [5.74, 6) is 0.230. The van der Waals surface area contributed by atoms with Gasteiger partial charge in [-0.3, -0.25) is 4.99 Å². The lowest BCUT2D eigenvalue weighted by molar-refractivity contribution is 0.429. The van der Waals surface area contributed by atoms with E-state index in [2.05, 4.69) is 11.7 Å². The number of aliphatic hydroxyl groups excluding tert-OH is 1. The Hall–Kier alpha value is -1.57. The summed E-state index contributed by atoms with van der Waals surface area (Å²) >= 11 is 0. The van der Waals surface area contributed by atoms with Gasteiger partial charge >= 0.3 is 0 Å². The van der Waals surface area contributed by atoms with Crippen LogP contribution in [-0.2, 0) is 0 Å². The third-order valence-electron chi connectivity index (χ3n) is 1.72. The first-order chi connectivity index (χ1) is 6.26. The monoisotopic (exact) mass is 175 g/mol. The van der Waals surface area contributed by atoms with Crippen LogP contribution in [0.15, 0.2) is 52.8 Å². The number of nitrogens with zero attached hydrogens (tertiary/aromatic N) is 1. The standard InChI is InChI=1S/C11H13NO/c1-3-4-9-5-6-11(13)8-10(7-9)12-2/h3-8,10,13H,2H2,1H3/b4-3-. The van der Waals surface area contributed by atoms with Gasteiger partial charge in [0, 0.05) is 0 Å². The van der Waals surface area contributed by atoms with Crippen molar-refractivity contribution < 1.29 is 5.11 Å². The highest BCUT2D eigenvalue weighted by atomic mass is 16.3. The molecule has 13 heavy (non-hydrogen) atoms. The Kier molecular flexibility index (Phi) is 3.26. The van der Waals surface area contributed by atoms with E-state index < -0.39 is 0 Å². The lowest BCUT2D eigenvalue weighted by atomic mass is 10.2. The molecule has 1 N–H and O–H groups in total. The SMILES string of the molecule is C=NC1C=C(O)C=CC(/C=C\C)=C1. The highest BCUT2D eigenvalue weighted by molar-refractivity contribution is 5.40. The maximum Gasteiger partial charge on any atom is 0.114 e. The Balaban J connectivity index is 2.95. The predicted molar refractivity (Wildman–Crippen MR) is 56.1 cm³/mol. The largest absolute Gasteiger partial charge is 0.508 e. The maximum atomic E-state index is 9.31. The lowest BCUT2D eigenvalue weighted by Crippen LogP contribution is -1.95. The van der Waals surface area contributed by atoms with E-state index in [9.17, 15) is 5.11 Å². The van der Waals surface area contributed by atoms with Crippen LogP contribution in [-0.4, -0.2) is 17.9 Å². The lowest BCUT2D eigenvalue weighted by Gasteiger charge is -1.99. The van der Waals surface area contributed by atoms with Gasteiger partial charge in [0.05, 0.1) is 6.04 Å².